The second-order valence-corrected chi connectivity index (χ2v) is 6.97. The van der Waals surface area contributed by atoms with Gasteiger partial charge in [0.1, 0.15) is 0 Å². The lowest BCUT2D eigenvalue weighted by Gasteiger charge is -2.25. The summed E-state index contributed by atoms with van der Waals surface area (Å²) in [6, 6.07) is 9.04. The van der Waals surface area contributed by atoms with E-state index in [9.17, 15) is 0 Å². The monoisotopic (exact) mass is 222 g/mol. The summed E-state index contributed by atoms with van der Waals surface area (Å²) in [7, 11) is 0. The lowest BCUT2D eigenvalue weighted by Crippen LogP contribution is -2.14. The van der Waals surface area contributed by atoms with Crippen LogP contribution in [0.2, 0.25) is 0 Å². The maximum absolute atomic E-state index is 2.27. The molecule has 0 atom stereocenters. The minimum atomic E-state index is 0.219. The molecule has 0 aromatic heterocycles. The summed E-state index contributed by atoms with van der Waals surface area (Å²) in [5.41, 5.74) is 3.06. The summed E-state index contributed by atoms with van der Waals surface area (Å²) >= 11 is 1.89. The van der Waals surface area contributed by atoms with Crippen molar-refractivity contribution in [3.05, 3.63) is 35.4 Å². The zero-order chi connectivity index (χ0) is 11.7. The zero-order valence-corrected chi connectivity index (χ0v) is 11.5. The van der Waals surface area contributed by atoms with Crippen LogP contribution < -0.4 is 0 Å². The van der Waals surface area contributed by atoms with Crippen LogP contribution in [0.25, 0.3) is 0 Å². The molecule has 0 radical (unpaired) electrons. The van der Waals surface area contributed by atoms with Gasteiger partial charge in [-0.3, -0.25) is 0 Å². The summed E-state index contributed by atoms with van der Waals surface area (Å²) in [5, 5.41) is 0. The highest BCUT2D eigenvalue weighted by Gasteiger charge is 2.20. The van der Waals surface area contributed by atoms with E-state index in [2.05, 4.69) is 65.1 Å². The molecule has 0 spiro atoms. The predicted octanol–water partition coefficient (Wildman–Crippen LogP) is 4.58. The van der Waals surface area contributed by atoms with Gasteiger partial charge >= 0.3 is 0 Å². The Balaban J connectivity index is 3.01. The molecule has 1 aromatic rings. The van der Waals surface area contributed by atoms with E-state index in [0.717, 1.165) is 0 Å². The van der Waals surface area contributed by atoms with Crippen molar-refractivity contribution in [1.82, 2.24) is 0 Å². The first-order chi connectivity index (χ1) is 6.77. The quantitative estimate of drug-likeness (QED) is 0.705. The molecule has 0 fully saturated rings. The van der Waals surface area contributed by atoms with E-state index in [1.165, 1.54) is 11.1 Å². The molecular formula is C14H22S. The Labute approximate surface area is 98.5 Å². The van der Waals surface area contributed by atoms with Crippen molar-refractivity contribution in [2.45, 2.75) is 44.8 Å². The minimum absolute atomic E-state index is 0.219. The van der Waals surface area contributed by atoms with Crippen LogP contribution in [0, 0.1) is 0 Å². The summed E-state index contributed by atoms with van der Waals surface area (Å²) in [4.78, 5) is 0. The number of thioether (sulfide) groups is 1. The van der Waals surface area contributed by atoms with Crippen molar-refractivity contribution in [2.24, 2.45) is 0 Å². The highest BCUT2D eigenvalue weighted by atomic mass is 32.2. The fraction of sp³-hybridized carbons (Fsp3) is 0.571. The van der Waals surface area contributed by atoms with E-state index < -0.39 is 0 Å². The standard InChI is InChI=1S/C14H22S/c1-13(2,3)11-7-9-12(10-8-11)14(4,5)15-6/h7-10H,1-6H3. The Morgan fingerprint density at radius 1 is 0.800 bits per heavy atom. The molecule has 0 bridgehead atoms. The molecule has 0 saturated heterocycles. The third kappa shape index (κ3) is 3.01. The molecule has 0 unspecified atom stereocenters. The third-order valence-corrected chi connectivity index (χ3v) is 4.21. The Morgan fingerprint density at radius 3 is 1.53 bits per heavy atom. The van der Waals surface area contributed by atoms with E-state index in [1.54, 1.807) is 0 Å². The van der Waals surface area contributed by atoms with E-state index in [4.69, 9.17) is 0 Å². The highest BCUT2D eigenvalue weighted by molar-refractivity contribution is 7.99. The average Bonchev–Trinajstić information content (AvgIpc) is 2.17. The van der Waals surface area contributed by atoms with E-state index in [0.29, 0.717) is 0 Å². The molecule has 0 saturated carbocycles. The SMILES string of the molecule is CSC(C)(C)c1ccc(C(C)(C)C)cc1. The van der Waals surface area contributed by atoms with Crippen LogP contribution in [0.15, 0.2) is 24.3 Å². The van der Waals surface area contributed by atoms with Gasteiger partial charge in [-0.15, -0.1) is 0 Å². The Morgan fingerprint density at radius 2 is 1.20 bits per heavy atom. The average molecular weight is 222 g/mol. The number of hydrogen-bond acceptors (Lipinski definition) is 1. The predicted molar refractivity (Wildman–Crippen MR) is 71.7 cm³/mol. The Hall–Kier alpha value is -0.430. The van der Waals surface area contributed by atoms with Crippen LogP contribution >= 0.6 is 11.8 Å². The molecule has 1 heteroatoms. The van der Waals surface area contributed by atoms with Crippen molar-refractivity contribution in [2.75, 3.05) is 6.26 Å². The summed E-state index contributed by atoms with van der Waals surface area (Å²) in [6.45, 7) is 11.3. The second kappa shape index (κ2) is 4.21. The molecule has 15 heavy (non-hydrogen) atoms. The van der Waals surface area contributed by atoms with Gasteiger partial charge in [-0.1, -0.05) is 45.0 Å². The van der Waals surface area contributed by atoms with Gasteiger partial charge in [-0.2, -0.15) is 11.8 Å². The molecule has 1 rings (SSSR count). The lowest BCUT2D eigenvalue weighted by molar-refractivity contribution is 0.589. The van der Waals surface area contributed by atoms with Crippen LogP contribution in [0.3, 0.4) is 0 Å². The number of benzene rings is 1. The van der Waals surface area contributed by atoms with E-state index in [1.807, 2.05) is 11.8 Å². The molecule has 0 N–H and O–H groups in total. The molecular weight excluding hydrogens is 200 g/mol. The lowest BCUT2D eigenvalue weighted by atomic mass is 9.86. The maximum Gasteiger partial charge on any atom is 0.0349 e. The van der Waals surface area contributed by atoms with Gasteiger partial charge in [0.2, 0.25) is 0 Å². The van der Waals surface area contributed by atoms with Crippen LogP contribution in [0.4, 0.5) is 0 Å². The van der Waals surface area contributed by atoms with Crippen molar-refractivity contribution in [3.8, 4) is 0 Å². The fourth-order valence-corrected chi connectivity index (χ4v) is 1.86. The number of hydrogen-bond donors (Lipinski definition) is 0. The van der Waals surface area contributed by atoms with Gasteiger partial charge in [0.25, 0.3) is 0 Å². The van der Waals surface area contributed by atoms with Crippen LogP contribution in [-0.4, -0.2) is 6.26 Å². The van der Waals surface area contributed by atoms with Crippen molar-refractivity contribution in [3.63, 3.8) is 0 Å². The molecule has 0 amide bonds. The highest BCUT2D eigenvalue weighted by Crippen LogP contribution is 2.34. The van der Waals surface area contributed by atoms with Crippen LogP contribution in [-0.2, 0) is 10.2 Å². The van der Waals surface area contributed by atoms with Crippen molar-refractivity contribution < 1.29 is 0 Å². The smallest absolute Gasteiger partial charge is 0.0349 e. The number of rotatable bonds is 2. The topological polar surface area (TPSA) is 0 Å². The Bertz CT molecular complexity index is 314. The first-order valence-corrected chi connectivity index (χ1v) is 6.66. The normalized spacial score (nSPS) is 12.9. The van der Waals surface area contributed by atoms with E-state index in [-0.39, 0.29) is 10.2 Å². The minimum Gasteiger partial charge on any atom is -0.154 e. The molecule has 84 valence electrons. The molecule has 1 aromatic carbocycles. The van der Waals surface area contributed by atoms with Gasteiger partial charge < -0.3 is 0 Å². The summed E-state index contributed by atoms with van der Waals surface area (Å²) < 4.78 is 0.219. The van der Waals surface area contributed by atoms with Crippen LogP contribution in [0.1, 0.15) is 45.7 Å². The summed E-state index contributed by atoms with van der Waals surface area (Å²) in [6.07, 6.45) is 2.16. The third-order valence-electron chi connectivity index (χ3n) is 2.96. The van der Waals surface area contributed by atoms with Crippen LogP contribution in [0.5, 0.6) is 0 Å². The van der Waals surface area contributed by atoms with Gasteiger partial charge in [0.15, 0.2) is 0 Å². The zero-order valence-electron chi connectivity index (χ0n) is 10.7. The first-order valence-electron chi connectivity index (χ1n) is 5.43. The van der Waals surface area contributed by atoms with E-state index >= 15 is 0 Å². The molecule has 0 nitrogen and oxygen atoms in total. The van der Waals surface area contributed by atoms with Crippen molar-refractivity contribution in [1.29, 1.82) is 0 Å². The summed E-state index contributed by atoms with van der Waals surface area (Å²) in [5.74, 6) is 0. The van der Waals surface area contributed by atoms with Gasteiger partial charge in [-0.05, 0) is 36.6 Å². The van der Waals surface area contributed by atoms with Gasteiger partial charge in [-0.25, -0.2) is 0 Å². The largest absolute Gasteiger partial charge is 0.154 e. The fourth-order valence-electron chi connectivity index (χ4n) is 1.49. The van der Waals surface area contributed by atoms with Gasteiger partial charge in [0, 0.05) is 4.75 Å². The second-order valence-electron chi connectivity index (χ2n) is 5.54. The molecule has 0 aliphatic rings. The van der Waals surface area contributed by atoms with Gasteiger partial charge in [0.05, 0.1) is 0 Å². The molecule has 0 aliphatic carbocycles. The maximum atomic E-state index is 2.27. The van der Waals surface area contributed by atoms with Crippen molar-refractivity contribution >= 4 is 11.8 Å². The first kappa shape index (κ1) is 12.6. The Kier molecular flexibility index (Phi) is 3.55. The molecule has 0 aliphatic heterocycles. The molecule has 0 heterocycles.